The van der Waals surface area contributed by atoms with E-state index in [9.17, 15) is 4.79 Å². The summed E-state index contributed by atoms with van der Waals surface area (Å²) >= 11 is 0. The number of hydrogen-bond donors (Lipinski definition) is 3. The first-order valence-electron chi connectivity index (χ1n) is 4.56. The van der Waals surface area contributed by atoms with E-state index in [0.717, 1.165) is 0 Å². The third-order valence-corrected chi connectivity index (χ3v) is 1.98. The van der Waals surface area contributed by atoms with Gasteiger partial charge in [-0.15, -0.1) is 0 Å². The zero-order chi connectivity index (χ0) is 10.4. The number of nitrogens with one attached hydrogen (secondary N) is 1. The normalized spacial score (nSPS) is 15.8. The minimum absolute atomic E-state index is 0.0191. The van der Waals surface area contributed by atoms with E-state index in [-0.39, 0.29) is 25.1 Å². The maximum absolute atomic E-state index is 10.3. The van der Waals surface area contributed by atoms with Crippen LogP contribution in [0.3, 0.4) is 0 Å². The Kier molecular flexibility index (Phi) is 5.66. The van der Waals surface area contributed by atoms with Crippen LogP contribution >= 0.6 is 0 Å². The van der Waals surface area contributed by atoms with E-state index in [1.165, 1.54) is 0 Å². The van der Waals surface area contributed by atoms with Gasteiger partial charge < -0.3 is 15.5 Å². The molecule has 0 amide bonds. The Hall–Kier alpha value is -0.610. The number of carbonyl (C=O) groups is 1. The molecule has 78 valence electrons. The third-order valence-electron chi connectivity index (χ3n) is 1.98. The molecule has 0 saturated carbocycles. The largest absolute Gasteiger partial charge is 0.481 e. The van der Waals surface area contributed by atoms with E-state index < -0.39 is 5.97 Å². The van der Waals surface area contributed by atoms with Crippen LogP contribution in [-0.4, -0.2) is 34.9 Å². The quantitative estimate of drug-likeness (QED) is 0.567. The average molecular weight is 189 g/mol. The predicted molar refractivity (Wildman–Crippen MR) is 50.6 cm³/mol. The zero-order valence-electron chi connectivity index (χ0n) is 8.45. The third kappa shape index (κ3) is 5.60. The summed E-state index contributed by atoms with van der Waals surface area (Å²) < 4.78 is 0. The maximum atomic E-state index is 10.3. The van der Waals surface area contributed by atoms with Crippen molar-refractivity contribution in [2.45, 2.75) is 39.3 Å². The molecule has 0 aromatic rings. The Labute approximate surface area is 79.0 Å². The van der Waals surface area contributed by atoms with Crippen molar-refractivity contribution >= 4 is 5.97 Å². The molecule has 0 aliphatic heterocycles. The minimum atomic E-state index is -0.819. The lowest BCUT2D eigenvalue weighted by atomic mass is 10.0. The summed E-state index contributed by atoms with van der Waals surface area (Å²) in [6, 6.07) is -0.119. The Morgan fingerprint density at radius 1 is 1.38 bits per heavy atom. The average Bonchev–Trinajstić information content (AvgIpc) is 1.98. The fourth-order valence-corrected chi connectivity index (χ4v) is 1.14. The molecule has 1 unspecified atom stereocenters. The monoisotopic (exact) mass is 189 g/mol. The van der Waals surface area contributed by atoms with Crippen molar-refractivity contribution in [1.82, 2.24) is 5.32 Å². The number of rotatable bonds is 6. The molecule has 4 heteroatoms. The standard InChI is InChI=1S/C9H19NO3/c1-6(2)8(5-11)10-7(3)4-9(12)13/h6-8,10-11H,4-5H2,1-3H3,(H,12,13)/t7?,8-/m1/s1. The van der Waals surface area contributed by atoms with Gasteiger partial charge in [0, 0.05) is 12.1 Å². The first kappa shape index (κ1) is 12.4. The van der Waals surface area contributed by atoms with Crippen LogP contribution in [0.25, 0.3) is 0 Å². The fourth-order valence-electron chi connectivity index (χ4n) is 1.14. The molecule has 0 saturated heterocycles. The maximum Gasteiger partial charge on any atom is 0.304 e. The Bertz CT molecular complexity index is 159. The van der Waals surface area contributed by atoms with Gasteiger partial charge in [-0.1, -0.05) is 13.8 Å². The molecule has 0 aromatic carbocycles. The number of carboxylic acid groups (broad SMARTS) is 1. The predicted octanol–water partition coefficient (Wildman–Crippen LogP) is 0.456. The molecule has 0 aliphatic carbocycles. The lowest BCUT2D eigenvalue weighted by Gasteiger charge is -2.23. The van der Waals surface area contributed by atoms with Crippen LogP contribution < -0.4 is 5.32 Å². The highest BCUT2D eigenvalue weighted by Crippen LogP contribution is 2.03. The topological polar surface area (TPSA) is 69.6 Å². The van der Waals surface area contributed by atoms with Gasteiger partial charge in [-0.05, 0) is 12.8 Å². The summed E-state index contributed by atoms with van der Waals surface area (Å²) in [5.74, 6) is -0.512. The second kappa shape index (κ2) is 5.94. The Morgan fingerprint density at radius 3 is 2.23 bits per heavy atom. The highest BCUT2D eigenvalue weighted by atomic mass is 16.4. The molecular formula is C9H19NO3. The van der Waals surface area contributed by atoms with Gasteiger partial charge in [0.25, 0.3) is 0 Å². The van der Waals surface area contributed by atoms with Gasteiger partial charge in [-0.25, -0.2) is 0 Å². The van der Waals surface area contributed by atoms with Crippen molar-refractivity contribution < 1.29 is 15.0 Å². The van der Waals surface area contributed by atoms with E-state index in [1.807, 2.05) is 13.8 Å². The molecule has 0 radical (unpaired) electrons. The van der Waals surface area contributed by atoms with E-state index in [4.69, 9.17) is 10.2 Å². The molecule has 2 atom stereocenters. The molecule has 0 rings (SSSR count). The molecule has 13 heavy (non-hydrogen) atoms. The minimum Gasteiger partial charge on any atom is -0.481 e. The summed E-state index contributed by atoms with van der Waals surface area (Å²) in [6.45, 7) is 5.82. The Balaban J connectivity index is 3.86. The van der Waals surface area contributed by atoms with Crippen molar-refractivity contribution in [1.29, 1.82) is 0 Å². The van der Waals surface area contributed by atoms with Crippen LogP contribution in [0.15, 0.2) is 0 Å². The highest BCUT2D eigenvalue weighted by Gasteiger charge is 2.16. The van der Waals surface area contributed by atoms with Crippen molar-refractivity contribution in [3.63, 3.8) is 0 Å². The molecule has 0 aromatic heterocycles. The van der Waals surface area contributed by atoms with E-state index in [1.54, 1.807) is 6.92 Å². The summed E-state index contributed by atoms with van der Waals surface area (Å²) in [5, 5.41) is 20.5. The number of hydrogen-bond acceptors (Lipinski definition) is 3. The lowest BCUT2D eigenvalue weighted by Crippen LogP contribution is -2.43. The first-order valence-corrected chi connectivity index (χ1v) is 4.56. The zero-order valence-corrected chi connectivity index (χ0v) is 8.45. The number of aliphatic hydroxyl groups is 1. The molecular weight excluding hydrogens is 170 g/mol. The van der Waals surface area contributed by atoms with Crippen molar-refractivity contribution in [2.24, 2.45) is 5.92 Å². The molecule has 0 heterocycles. The van der Waals surface area contributed by atoms with Gasteiger partial charge in [-0.2, -0.15) is 0 Å². The summed E-state index contributed by atoms with van der Waals surface area (Å²) in [5.41, 5.74) is 0. The van der Waals surface area contributed by atoms with Crippen LogP contribution in [-0.2, 0) is 4.79 Å². The lowest BCUT2D eigenvalue weighted by molar-refractivity contribution is -0.137. The number of aliphatic hydroxyl groups excluding tert-OH is 1. The van der Waals surface area contributed by atoms with Gasteiger partial charge in [0.2, 0.25) is 0 Å². The van der Waals surface area contributed by atoms with E-state index in [2.05, 4.69) is 5.32 Å². The molecule has 3 N–H and O–H groups in total. The summed E-state index contributed by atoms with van der Waals surface area (Å²) in [7, 11) is 0. The number of carboxylic acids is 1. The SMILES string of the molecule is CC(CC(=O)O)N[C@H](CO)C(C)C. The van der Waals surface area contributed by atoms with Crippen molar-refractivity contribution in [3.05, 3.63) is 0 Å². The van der Waals surface area contributed by atoms with Crippen LogP contribution in [0.5, 0.6) is 0 Å². The smallest absolute Gasteiger partial charge is 0.304 e. The first-order chi connectivity index (χ1) is 5.97. The molecule has 0 spiro atoms. The summed E-state index contributed by atoms with van der Waals surface area (Å²) in [6.07, 6.45) is 0.0865. The molecule has 0 aliphatic rings. The van der Waals surface area contributed by atoms with Gasteiger partial charge in [0.1, 0.15) is 0 Å². The Morgan fingerprint density at radius 2 is 1.92 bits per heavy atom. The van der Waals surface area contributed by atoms with Gasteiger partial charge in [0.05, 0.1) is 13.0 Å². The van der Waals surface area contributed by atoms with E-state index >= 15 is 0 Å². The molecule has 4 nitrogen and oxygen atoms in total. The highest BCUT2D eigenvalue weighted by molar-refractivity contribution is 5.67. The van der Waals surface area contributed by atoms with Crippen molar-refractivity contribution in [2.75, 3.05) is 6.61 Å². The fraction of sp³-hybridized carbons (Fsp3) is 0.889. The molecule has 0 fully saturated rings. The van der Waals surface area contributed by atoms with Crippen molar-refractivity contribution in [3.8, 4) is 0 Å². The van der Waals surface area contributed by atoms with Gasteiger partial charge in [0.15, 0.2) is 0 Å². The molecule has 0 bridgehead atoms. The number of aliphatic carboxylic acids is 1. The van der Waals surface area contributed by atoms with Gasteiger partial charge in [-0.3, -0.25) is 4.79 Å². The van der Waals surface area contributed by atoms with Crippen LogP contribution in [0.2, 0.25) is 0 Å². The van der Waals surface area contributed by atoms with Gasteiger partial charge >= 0.3 is 5.97 Å². The van der Waals surface area contributed by atoms with Crippen LogP contribution in [0.1, 0.15) is 27.2 Å². The van der Waals surface area contributed by atoms with Crippen LogP contribution in [0, 0.1) is 5.92 Å². The second-order valence-electron chi connectivity index (χ2n) is 3.70. The van der Waals surface area contributed by atoms with E-state index in [0.29, 0.717) is 5.92 Å². The summed E-state index contributed by atoms with van der Waals surface area (Å²) in [4.78, 5) is 10.3. The van der Waals surface area contributed by atoms with Crippen LogP contribution in [0.4, 0.5) is 0 Å². The second-order valence-corrected chi connectivity index (χ2v) is 3.70.